The summed E-state index contributed by atoms with van der Waals surface area (Å²) in [6.07, 6.45) is 1.90. The first kappa shape index (κ1) is 22.3. The number of hydrogen-bond acceptors (Lipinski definition) is 5. The van der Waals surface area contributed by atoms with Gasteiger partial charge in [-0.15, -0.1) is 0 Å². The van der Waals surface area contributed by atoms with Crippen molar-refractivity contribution in [1.29, 1.82) is 0 Å². The SMILES string of the molecule is CCOC(=O)C1=C(C)N=c2sc(=Cc3cccc4ccccc34)c(=O)n2C1c1ccc(Cl)cc1. The molecule has 170 valence electrons. The topological polar surface area (TPSA) is 60.7 Å². The maximum Gasteiger partial charge on any atom is 0.338 e. The van der Waals surface area contributed by atoms with Crippen molar-refractivity contribution in [3.05, 3.63) is 114 Å². The number of hydrogen-bond donors (Lipinski definition) is 0. The number of carbonyl (C=O) groups excluding carboxylic acids is 1. The number of benzene rings is 3. The van der Waals surface area contributed by atoms with Gasteiger partial charge in [-0.05, 0) is 54.0 Å². The Kier molecular flexibility index (Phi) is 5.94. The molecule has 4 aromatic rings. The second-order valence-corrected chi connectivity index (χ2v) is 9.37. The fourth-order valence-electron chi connectivity index (χ4n) is 4.27. The smallest absolute Gasteiger partial charge is 0.338 e. The van der Waals surface area contributed by atoms with Crippen molar-refractivity contribution in [2.45, 2.75) is 19.9 Å². The fraction of sp³-hybridized carbons (Fsp3) is 0.148. The third-order valence-corrected chi connectivity index (χ3v) is 7.05. The summed E-state index contributed by atoms with van der Waals surface area (Å²) >= 11 is 7.42. The van der Waals surface area contributed by atoms with Gasteiger partial charge in [0.25, 0.3) is 5.56 Å². The number of halogens is 1. The highest BCUT2D eigenvalue weighted by molar-refractivity contribution is 7.07. The number of aromatic nitrogens is 1. The van der Waals surface area contributed by atoms with Crippen LogP contribution < -0.4 is 14.9 Å². The largest absolute Gasteiger partial charge is 0.463 e. The van der Waals surface area contributed by atoms with Crippen LogP contribution in [0.15, 0.2) is 87.8 Å². The van der Waals surface area contributed by atoms with Gasteiger partial charge in [0.05, 0.1) is 28.5 Å². The molecule has 1 atom stereocenters. The Labute approximate surface area is 204 Å². The number of allylic oxidation sites excluding steroid dienone is 1. The van der Waals surface area contributed by atoms with Gasteiger partial charge in [0.2, 0.25) is 0 Å². The minimum atomic E-state index is -0.651. The van der Waals surface area contributed by atoms with Crippen molar-refractivity contribution in [3.63, 3.8) is 0 Å². The Hall–Kier alpha value is -3.48. The molecule has 2 heterocycles. The Morgan fingerprint density at radius 3 is 2.62 bits per heavy atom. The lowest BCUT2D eigenvalue weighted by atomic mass is 9.96. The molecule has 1 unspecified atom stereocenters. The fourth-order valence-corrected chi connectivity index (χ4v) is 5.43. The maximum absolute atomic E-state index is 13.7. The molecular weight excluding hydrogens is 468 g/mol. The van der Waals surface area contributed by atoms with E-state index in [1.54, 1.807) is 30.5 Å². The third-order valence-electron chi connectivity index (χ3n) is 5.81. The summed E-state index contributed by atoms with van der Waals surface area (Å²) in [6, 6.07) is 20.6. The van der Waals surface area contributed by atoms with E-state index in [1.165, 1.54) is 11.3 Å². The lowest BCUT2D eigenvalue weighted by molar-refractivity contribution is -0.139. The highest BCUT2D eigenvalue weighted by Crippen LogP contribution is 2.31. The van der Waals surface area contributed by atoms with E-state index < -0.39 is 12.0 Å². The minimum Gasteiger partial charge on any atom is -0.463 e. The quantitative estimate of drug-likeness (QED) is 0.394. The summed E-state index contributed by atoms with van der Waals surface area (Å²) in [7, 11) is 0. The number of esters is 1. The average Bonchev–Trinajstić information content (AvgIpc) is 3.13. The molecule has 1 aromatic heterocycles. The molecular formula is C27H21ClN2O3S. The molecule has 7 heteroatoms. The van der Waals surface area contributed by atoms with Gasteiger partial charge in [0, 0.05) is 5.02 Å². The van der Waals surface area contributed by atoms with Gasteiger partial charge in [0.15, 0.2) is 4.80 Å². The maximum atomic E-state index is 13.7. The molecule has 0 fully saturated rings. The summed E-state index contributed by atoms with van der Waals surface area (Å²) in [4.78, 5) is 31.8. The zero-order chi connectivity index (χ0) is 23.8. The number of ether oxygens (including phenoxy) is 1. The van der Waals surface area contributed by atoms with Crippen molar-refractivity contribution < 1.29 is 9.53 Å². The molecule has 34 heavy (non-hydrogen) atoms. The summed E-state index contributed by atoms with van der Waals surface area (Å²) in [5.74, 6) is -0.480. The Morgan fingerprint density at radius 2 is 1.85 bits per heavy atom. The van der Waals surface area contributed by atoms with Crippen LogP contribution in [0.1, 0.15) is 31.0 Å². The van der Waals surface area contributed by atoms with E-state index in [2.05, 4.69) is 4.99 Å². The number of rotatable bonds is 4. The predicted molar refractivity (Wildman–Crippen MR) is 136 cm³/mol. The molecule has 0 N–H and O–H groups in total. The van der Waals surface area contributed by atoms with Crippen molar-refractivity contribution >= 4 is 45.8 Å². The summed E-state index contributed by atoms with van der Waals surface area (Å²) < 4.78 is 7.47. The molecule has 0 aliphatic carbocycles. The highest BCUT2D eigenvalue weighted by Gasteiger charge is 2.33. The molecule has 3 aromatic carbocycles. The molecule has 1 aliphatic rings. The van der Waals surface area contributed by atoms with Gasteiger partial charge in [-0.25, -0.2) is 9.79 Å². The highest BCUT2D eigenvalue weighted by atomic mass is 35.5. The number of fused-ring (bicyclic) bond motifs is 2. The van der Waals surface area contributed by atoms with Crippen molar-refractivity contribution in [2.75, 3.05) is 6.61 Å². The Morgan fingerprint density at radius 1 is 1.12 bits per heavy atom. The molecule has 0 spiro atoms. The van der Waals surface area contributed by atoms with Gasteiger partial charge in [-0.2, -0.15) is 0 Å². The monoisotopic (exact) mass is 488 g/mol. The molecule has 1 aliphatic heterocycles. The van der Waals surface area contributed by atoms with E-state index in [1.807, 2.05) is 60.7 Å². The zero-order valence-electron chi connectivity index (χ0n) is 18.6. The second kappa shape index (κ2) is 9.05. The third kappa shape index (κ3) is 3.89. The predicted octanol–water partition coefficient (Wildman–Crippen LogP) is 4.60. The van der Waals surface area contributed by atoms with E-state index in [-0.39, 0.29) is 12.2 Å². The zero-order valence-corrected chi connectivity index (χ0v) is 20.2. The molecule has 0 radical (unpaired) electrons. The van der Waals surface area contributed by atoms with Crippen LogP contribution in [0.25, 0.3) is 16.8 Å². The molecule has 0 amide bonds. The van der Waals surface area contributed by atoms with Crippen molar-refractivity contribution in [2.24, 2.45) is 4.99 Å². The van der Waals surface area contributed by atoms with Gasteiger partial charge in [-0.1, -0.05) is 77.5 Å². The van der Waals surface area contributed by atoms with E-state index in [0.29, 0.717) is 25.6 Å². The van der Waals surface area contributed by atoms with E-state index in [0.717, 1.165) is 21.9 Å². The summed E-state index contributed by atoms with van der Waals surface area (Å²) in [6.45, 7) is 3.76. The van der Waals surface area contributed by atoms with Gasteiger partial charge < -0.3 is 4.74 Å². The summed E-state index contributed by atoms with van der Waals surface area (Å²) in [5.41, 5.74) is 2.41. The number of carbonyl (C=O) groups is 1. The molecule has 0 saturated heterocycles. The second-order valence-electron chi connectivity index (χ2n) is 7.92. The lowest BCUT2D eigenvalue weighted by Gasteiger charge is -2.24. The van der Waals surface area contributed by atoms with Gasteiger partial charge in [0.1, 0.15) is 0 Å². The summed E-state index contributed by atoms with van der Waals surface area (Å²) in [5, 5.41) is 2.74. The molecule has 5 nitrogen and oxygen atoms in total. The molecule has 0 bridgehead atoms. The first-order chi connectivity index (χ1) is 16.5. The lowest BCUT2D eigenvalue weighted by Crippen LogP contribution is -2.39. The van der Waals surface area contributed by atoms with Crippen LogP contribution in [0.3, 0.4) is 0 Å². The van der Waals surface area contributed by atoms with Crippen LogP contribution in [0, 0.1) is 0 Å². The van der Waals surface area contributed by atoms with Crippen molar-refractivity contribution in [3.8, 4) is 0 Å². The molecule has 5 rings (SSSR count). The Balaban J connectivity index is 1.75. The Bertz CT molecular complexity index is 1630. The van der Waals surface area contributed by atoms with Crippen LogP contribution >= 0.6 is 22.9 Å². The van der Waals surface area contributed by atoms with E-state index in [9.17, 15) is 9.59 Å². The van der Waals surface area contributed by atoms with Crippen LogP contribution in [-0.2, 0) is 9.53 Å². The number of nitrogens with zero attached hydrogens (tertiary/aromatic N) is 2. The van der Waals surface area contributed by atoms with Crippen LogP contribution in [0.2, 0.25) is 5.02 Å². The van der Waals surface area contributed by atoms with E-state index in [4.69, 9.17) is 16.3 Å². The van der Waals surface area contributed by atoms with Crippen LogP contribution in [-0.4, -0.2) is 17.1 Å². The first-order valence-corrected chi connectivity index (χ1v) is 12.1. The van der Waals surface area contributed by atoms with Gasteiger partial charge >= 0.3 is 5.97 Å². The normalized spacial score (nSPS) is 15.9. The average molecular weight is 489 g/mol. The standard InChI is InChI=1S/C27H21ClN2O3S/c1-3-33-26(32)23-16(2)29-27-30(24(23)18-11-13-20(28)14-12-18)25(31)22(34-27)15-19-9-6-8-17-7-4-5-10-21(17)19/h4-15,24H,3H2,1-2H3. The van der Waals surface area contributed by atoms with Crippen LogP contribution in [0.5, 0.6) is 0 Å². The van der Waals surface area contributed by atoms with Crippen molar-refractivity contribution in [1.82, 2.24) is 4.57 Å². The van der Waals surface area contributed by atoms with Gasteiger partial charge in [-0.3, -0.25) is 9.36 Å². The van der Waals surface area contributed by atoms with Crippen LogP contribution in [0.4, 0.5) is 0 Å². The molecule has 0 saturated carbocycles. The number of thiazole rings is 1. The van der Waals surface area contributed by atoms with E-state index >= 15 is 0 Å². The minimum absolute atomic E-state index is 0.203. The first-order valence-electron chi connectivity index (χ1n) is 10.9.